The Morgan fingerprint density at radius 3 is 2.71 bits per heavy atom. The normalized spacial score (nSPS) is 10.6. The smallest absolute Gasteiger partial charge is 0.128 e. The summed E-state index contributed by atoms with van der Waals surface area (Å²) in [5.41, 5.74) is 2.65. The van der Waals surface area contributed by atoms with E-state index in [1.165, 1.54) is 17.7 Å². The first-order chi connectivity index (χ1) is 10.3. The number of methoxy groups -OCH3 is 1. The largest absolute Gasteiger partial charge is 0.496 e. The highest BCUT2D eigenvalue weighted by molar-refractivity contribution is 7.10. The van der Waals surface area contributed by atoms with Crippen molar-refractivity contribution >= 4 is 11.3 Å². The molecule has 4 heteroatoms. The van der Waals surface area contributed by atoms with E-state index < -0.39 is 0 Å². The van der Waals surface area contributed by atoms with Crippen molar-refractivity contribution < 1.29 is 9.13 Å². The van der Waals surface area contributed by atoms with Crippen LogP contribution in [0.1, 0.15) is 10.6 Å². The molecule has 0 spiro atoms. The average molecular weight is 299 g/mol. The third-order valence-corrected chi connectivity index (χ3v) is 4.04. The maximum absolute atomic E-state index is 13.4. The average Bonchev–Trinajstić information content (AvgIpc) is 2.96. The third kappa shape index (κ3) is 3.11. The number of halogens is 1. The van der Waals surface area contributed by atoms with Gasteiger partial charge in [0, 0.05) is 17.4 Å². The van der Waals surface area contributed by atoms with E-state index in [0.29, 0.717) is 11.3 Å². The molecule has 0 saturated heterocycles. The zero-order valence-corrected chi connectivity index (χ0v) is 12.4. The van der Waals surface area contributed by atoms with E-state index >= 15 is 0 Å². The Morgan fingerprint density at radius 2 is 1.95 bits per heavy atom. The first-order valence-corrected chi connectivity index (χ1v) is 7.46. The lowest BCUT2D eigenvalue weighted by Gasteiger charge is -2.05. The van der Waals surface area contributed by atoms with E-state index in [4.69, 9.17) is 4.74 Å². The van der Waals surface area contributed by atoms with Gasteiger partial charge in [-0.25, -0.2) is 9.37 Å². The molecule has 0 fully saturated rings. The van der Waals surface area contributed by atoms with Crippen LogP contribution in [0, 0.1) is 5.82 Å². The Labute approximate surface area is 126 Å². The molecular weight excluding hydrogens is 285 g/mol. The molecule has 1 heterocycles. The zero-order chi connectivity index (χ0) is 14.7. The molecule has 2 nitrogen and oxygen atoms in total. The summed E-state index contributed by atoms with van der Waals surface area (Å²) in [6.07, 6.45) is 0.781. The SMILES string of the molecule is COc1ccc(F)cc1-c1csc(Cc2ccccc2)n1. The summed E-state index contributed by atoms with van der Waals surface area (Å²) in [5.74, 6) is 0.344. The Hall–Kier alpha value is -2.20. The Morgan fingerprint density at radius 1 is 1.14 bits per heavy atom. The number of nitrogens with zero attached hydrogens (tertiary/aromatic N) is 1. The van der Waals surface area contributed by atoms with Crippen molar-refractivity contribution in [3.05, 3.63) is 70.3 Å². The lowest BCUT2D eigenvalue weighted by atomic mass is 10.1. The lowest BCUT2D eigenvalue weighted by molar-refractivity contribution is 0.415. The summed E-state index contributed by atoms with van der Waals surface area (Å²) < 4.78 is 18.7. The van der Waals surface area contributed by atoms with Crippen molar-refractivity contribution in [2.75, 3.05) is 7.11 Å². The minimum Gasteiger partial charge on any atom is -0.496 e. The summed E-state index contributed by atoms with van der Waals surface area (Å²) in [6.45, 7) is 0. The van der Waals surface area contributed by atoms with Crippen molar-refractivity contribution in [3.8, 4) is 17.0 Å². The van der Waals surface area contributed by atoms with Crippen LogP contribution in [0.25, 0.3) is 11.3 Å². The minimum absolute atomic E-state index is 0.289. The molecule has 3 aromatic rings. The zero-order valence-electron chi connectivity index (χ0n) is 11.5. The molecule has 0 aliphatic carbocycles. The standard InChI is InChI=1S/C17H14FNOS/c1-20-16-8-7-13(18)10-14(16)15-11-21-17(19-15)9-12-5-3-2-4-6-12/h2-8,10-11H,9H2,1H3. The molecule has 0 unspecified atom stereocenters. The van der Waals surface area contributed by atoms with E-state index in [9.17, 15) is 4.39 Å². The van der Waals surface area contributed by atoms with E-state index in [1.54, 1.807) is 24.5 Å². The molecule has 1 aromatic heterocycles. The van der Waals surface area contributed by atoms with Gasteiger partial charge in [-0.1, -0.05) is 30.3 Å². The quantitative estimate of drug-likeness (QED) is 0.705. The molecule has 0 N–H and O–H groups in total. The molecule has 0 amide bonds. The second-order valence-corrected chi connectivity index (χ2v) is 5.58. The number of rotatable bonds is 4. The second kappa shape index (κ2) is 6.06. The van der Waals surface area contributed by atoms with Crippen molar-refractivity contribution in [3.63, 3.8) is 0 Å². The number of aromatic nitrogens is 1. The van der Waals surface area contributed by atoms with E-state index in [2.05, 4.69) is 17.1 Å². The molecule has 21 heavy (non-hydrogen) atoms. The van der Waals surface area contributed by atoms with Crippen molar-refractivity contribution in [1.29, 1.82) is 0 Å². The van der Waals surface area contributed by atoms with Gasteiger partial charge in [0.1, 0.15) is 11.6 Å². The molecule has 2 aromatic carbocycles. The van der Waals surface area contributed by atoms with E-state index in [0.717, 1.165) is 17.1 Å². The van der Waals surface area contributed by atoms with Gasteiger partial charge in [-0.15, -0.1) is 11.3 Å². The summed E-state index contributed by atoms with van der Waals surface area (Å²) in [5, 5.41) is 2.94. The topological polar surface area (TPSA) is 22.1 Å². The van der Waals surface area contributed by atoms with Crippen molar-refractivity contribution in [2.45, 2.75) is 6.42 Å². The number of hydrogen-bond donors (Lipinski definition) is 0. The number of hydrogen-bond acceptors (Lipinski definition) is 3. The maximum atomic E-state index is 13.4. The van der Waals surface area contributed by atoms with Gasteiger partial charge in [-0.3, -0.25) is 0 Å². The number of ether oxygens (including phenoxy) is 1. The highest BCUT2D eigenvalue weighted by Gasteiger charge is 2.11. The van der Waals surface area contributed by atoms with Crippen molar-refractivity contribution in [1.82, 2.24) is 4.98 Å². The van der Waals surface area contributed by atoms with Crippen LogP contribution in [-0.4, -0.2) is 12.1 Å². The van der Waals surface area contributed by atoms with Crippen LogP contribution in [0.2, 0.25) is 0 Å². The van der Waals surface area contributed by atoms with Crippen LogP contribution in [0.3, 0.4) is 0 Å². The molecule has 3 rings (SSSR count). The van der Waals surface area contributed by atoms with Crippen LogP contribution in [0.15, 0.2) is 53.9 Å². The molecule has 0 radical (unpaired) electrons. The molecule has 0 atom stereocenters. The molecule has 106 valence electrons. The third-order valence-electron chi connectivity index (χ3n) is 3.19. The molecule has 0 aliphatic rings. The van der Waals surface area contributed by atoms with Gasteiger partial charge in [0.05, 0.1) is 17.8 Å². The van der Waals surface area contributed by atoms with Crippen LogP contribution in [-0.2, 0) is 6.42 Å². The van der Waals surface area contributed by atoms with Crippen molar-refractivity contribution in [2.24, 2.45) is 0 Å². The van der Waals surface area contributed by atoms with Gasteiger partial charge >= 0.3 is 0 Å². The van der Waals surface area contributed by atoms with Gasteiger partial charge in [0.25, 0.3) is 0 Å². The summed E-state index contributed by atoms with van der Waals surface area (Å²) in [4.78, 5) is 4.60. The second-order valence-electron chi connectivity index (χ2n) is 4.63. The van der Waals surface area contributed by atoms with Crippen LogP contribution in [0.4, 0.5) is 4.39 Å². The summed E-state index contributed by atoms with van der Waals surface area (Å²) in [6, 6.07) is 14.6. The predicted octanol–water partition coefficient (Wildman–Crippen LogP) is 4.55. The highest BCUT2D eigenvalue weighted by Crippen LogP contribution is 2.31. The molecule has 0 bridgehead atoms. The van der Waals surface area contributed by atoms with E-state index in [1.807, 2.05) is 23.6 Å². The fourth-order valence-electron chi connectivity index (χ4n) is 2.17. The first kappa shape index (κ1) is 13.8. The number of benzene rings is 2. The molecular formula is C17H14FNOS. The van der Waals surface area contributed by atoms with Gasteiger partial charge in [-0.05, 0) is 23.8 Å². The lowest BCUT2D eigenvalue weighted by Crippen LogP contribution is -1.91. The maximum Gasteiger partial charge on any atom is 0.128 e. The molecule has 0 saturated carbocycles. The Bertz CT molecular complexity index is 740. The van der Waals surface area contributed by atoms with Gasteiger partial charge < -0.3 is 4.74 Å². The van der Waals surface area contributed by atoms with Crippen LogP contribution in [0.5, 0.6) is 5.75 Å². The Kier molecular flexibility index (Phi) is 3.97. The van der Waals surface area contributed by atoms with Crippen LogP contribution < -0.4 is 4.74 Å². The first-order valence-electron chi connectivity index (χ1n) is 6.58. The summed E-state index contributed by atoms with van der Waals surface area (Å²) >= 11 is 1.58. The summed E-state index contributed by atoms with van der Waals surface area (Å²) in [7, 11) is 1.58. The van der Waals surface area contributed by atoms with E-state index in [-0.39, 0.29) is 5.82 Å². The Balaban J connectivity index is 1.90. The van der Waals surface area contributed by atoms with Gasteiger partial charge in [0.2, 0.25) is 0 Å². The number of thiazole rings is 1. The predicted molar refractivity (Wildman–Crippen MR) is 83.3 cm³/mol. The fraction of sp³-hybridized carbons (Fsp3) is 0.118. The minimum atomic E-state index is -0.289. The molecule has 0 aliphatic heterocycles. The van der Waals surface area contributed by atoms with Gasteiger partial charge in [-0.2, -0.15) is 0 Å². The van der Waals surface area contributed by atoms with Gasteiger partial charge in [0.15, 0.2) is 0 Å². The fourth-order valence-corrected chi connectivity index (χ4v) is 3.00. The van der Waals surface area contributed by atoms with Crippen LogP contribution >= 0.6 is 11.3 Å². The highest BCUT2D eigenvalue weighted by atomic mass is 32.1. The monoisotopic (exact) mass is 299 g/mol.